The summed E-state index contributed by atoms with van der Waals surface area (Å²) in [5.41, 5.74) is 3.82. The van der Waals surface area contributed by atoms with E-state index in [1.807, 2.05) is 36.4 Å². The molecule has 0 aliphatic carbocycles. The summed E-state index contributed by atoms with van der Waals surface area (Å²) >= 11 is 9.88. The standard InChI is InChI=1S/C18H10BrClO/c19-13-6-7-14-15-8-12(11-4-2-1-3-5-11)9-16(20)18(15)21-17(14)10-13/h1-10H. The highest BCUT2D eigenvalue weighted by Gasteiger charge is 2.12. The molecule has 0 aliphatic rings. The van der Waals surface area contributed by atoms with E-state index < -0.39 is 0 Å². The van der Waals surface area contributed by atoms with Gasteiger partial charge in [0.15, 0.2) is 5.58 Å². The third kappa shape index (κ3) is 2.15. The molecule has 0 spiro atoms. The lowest BCUT2D eigenvalue weighted by atomic mass is 10.0. The SMILES string of the molecule is Clc1cc(-c2ccccc2)cc2c1oc1cc(Br)ccc12. The van der Waals surface area contributed by atoms with E-state index in [9.17, 15) is 0 Å². The van der Waals surface area contributed by atoms with E-state index >= 15 is 0 Å². The van der Waals surface area contributed by atoms with Crippen molar-refractivity contribution in [3.05, 3.63) is 70.2 Å². The first-order valence-electron chi connectivity index (χ1n) is 6.59. The number of hydrogen-bond donors (Lipinski definition) is 0. The molecule has 21 heavy (non-hydrogen) atoms. The van der Waals surface area contributed by atoms with Gasteiger partial charge in [0, 0.05) is 15.2 Å². The van der Waals surface area contributed by atoms with Gasteiger partial charge in [0.2, 0.25) is 0 Å². The van der Waals surface area contributed by atoms with Crippen LogP contribution in [0.5, 0.6) is 0 Å². The Labute approximate surface area is 135 Å². The first kappa shape index (κ1) is 12.9. The minimum Gasteiger partial charge on any atom is -0.454 e. The average Bonchev–Trinajstić information content (AvgIpc) is 2.86. The van der Waals surface area contributed by atoms with Gasteiger partial charge in [0.25, 0.3) is 0 Å². The Morgan fingerprint density at radius 3 is 2.43 bits per heavy atom. The average molecular weight is 358 g/mol. The van der Waals surface area contributed by atoms with Crippen LogP contribution in [0.3, 0.4) is 0 Å². The highest BCUT2D eigenvalue weighted by atomic mass is 79.9. The van der Waals surface area contributed by atoms with Gasteiger partial charge < -0.3 is 4.42 Å². The van der Waals surface area contributed by atoms with Crippen LogP contribution in [0.15, 0.2) is 69.6 Å². The fraction of sp³-hybridized carbons (Fsp3) is 0. The van der Waals surface area contributed by atoms with Gasteiger partial charge >= 0.3 is 0 Å². The molecule has 1 heterocycles. The molecule has 0 amide bonds. The predicted octanol–water partition coefficient (Wildman–Crippen LogP) is 6.67. The van der Waals surface area contributed by atoms with Crippen molar-refractivity contribution in [2.45, 2.75) is 0 Å². The number of halogens is 2. The summed E-state index contributed by atoms with van der Waals surface area (Å²) in [7, 11) is 0. The summed E-state index contributed by atoms with van der Waals surface area (Å²) in [6, 6.07) is 20.3. The van der Waals surface area contributed by atoms with E-state index in [-0.39, 0.29) is 0 Å². The van der Waals surface area contributed by atoms with Crippen LogP contribution in [0.4, 0.5) is 0 Å². The Morgan fingerprint density at radius 1 is 0.810 bits per heavy atom. The number of fused-ring (bicyclic) bond motifs is 3. The van der Waals surface area contributed by atoms with E-state index in [1.54, 1.807) is 0 Å². The van der Waals surface area contributed by atoms with Crippen molar-refractivity contribution in [3.8, 4) is 11.1 Å². The minimum atomic E-state index is 0.638. The van der Waals surface area contributed by atoms with E-state index in [4.69, 9.17) is 16.0 Å². The Bertz CT molecular complexity index is 957. The molecule has 4 rings (SSSR count). The molecule has 0 bridgehead atoms. The van der Waals surface area contributed by atoms with Crippen molar-refractivity contribution in [3.63, 3.8) is 0 Å². The lowest BCUT2D eigenvalue weighted by Gasteiger charge is -2.03. The third-order valence-electron chi connectivity index (χ3n) is 3.60. The lowest BCUT2D eigenvalue weighted by Crippen LogP contribution is -1.78. The molecule has 0 unspecified atom stereocenters. The summed E-state index contributed by atoms with van der Waals surface area (Å²) < 4.78 is 6.89. The molecule has 4 aromatic rings. The van der Waals surface area contributed by atoms with Crippen molar-refractivity contribution in [1.82, 2.24) is 0 Å². The van der Waals surface area contributed by atoms with Crippen LogP contribution >= 0.6 is 27.5 Å². The summed E-state index contributed by atoms with van der Waals surface area (Å²) in [5, 5.41) is 2.76. The van der Waals surface area contributed by atoms with E-state index in [1.165, 1.54) is 0 Å². The molecular formula is C18H10BrClO. The Hall–Kier alpha value is -1.77. The van der Waals surface area contributed by atoms with Gasteiger partial charge in [-0.25, -0.2) is 0 Å². The maximum Gasteiger partial charge on any atom is 0.154 e. The monoisotopic (exact) mass is 356 g/mol. The molecule has 0 fully saturated rings. The van der Waals surface area contributed by atoms with E-state index in [2.05, 4.69) is 40.2 Å². The largest absolute Gasteiger partial charge is 0.454 e. The number of rotatable bonds is 1. The van der Waals surface area contributed by atoms with Crippen LogP contribution in [0.2, 0.25) is 5.02 Å². The van der Waals surface area contributed by atoms with Crippen molar-refractivity contribution < 1.29 is 4.42 Å². The molecule has 0 saturated carbocycles. The second-order valence-corrected chi connectivity index (χ2v) is 6.27. The zero-order chi connectivity index (χ0) is 14.4. The van der Waals surface area contributed by atoms with Gasteiger partial charge in [-0.05, 0) is 41.5 Å². The van der Waals surface area contributed by atoms with Crippen LogP contribution in [0.25, 0.3) is 33.1 Å². The van der Waals surface area contributed by atoms with Gasteiger partial charge in [-0.3, -0.25) is 0 Å². The Morgan fingerprint density at radius 2 is 1.62 bits per heavy atom. The van der Waals surface area contributed by atoms with Crippen LogP contribution in [0, 0.1) is 0 Å². The van der Waals surface area contributed by atoms with E-state index in [0.717, 1.165) is 37.5 Å². The molecule has 0 saturated heterocycles. The summed E-state index contributed by atoms with van der Waals surface area (Å²) in [4.78, 5) is 0. The van der Waals surface area contributed by atoms with Crippen LogP contribution in [-0.2, 0) is 0 Å². The van der Waals surface area contributed by atoms with Crippen LogP contribution in [-0.4, -0.2) is 0 Å². The van der Waals surface area contributed by atoms with Crippen LogP contribution < -0.4 is 0 Å². The summed E-state index contributed by atoms with van der Waals surface area (Å²) in [6.07, 6.45) is 0. The maximum atomic E-state index is 6.42. The van der Waals surface area contributed by atoms with Crippen molar-refractivity contribution in [2.24, 2.45) is 0 Å². The lowest BCUT2D eigenvalue weighted by molar-refractivity contribution is 0.669. The first-order valence-corrected chi connectivity index (χ1v) is 7.76. The molecule has 3 aromatic carbocycles. The molecule has 0 aliphatic heterocycles. The molecule has 1 aromatic heterocycles. The predicted molar refractivity (Wildman–Crippen MR) is 91.9 cm³/mol. The minimum absolute atomic E-state index is 0.638. The summed E-state index contributed by atoms with van der Waals surface area (Å²) in [6.45, 7) is 0. The van der Waals surface area contributed by atoms with Gasteiger partial charge in [-0.2, -0.15) is 0 Å². The van der Waals surface area contributed by atoms with Gasteiger partial charge in [0.1, 0.15) is 5.58 Å². The molecule has 3 heteroatoms. The maximum absolute atomic E-state index is 6.42. The smallest absolute Gasteiger partial charge is 0.154 e. The normalized spacial score (nSPS) is 11.3. The Kier molecular flexibility index (Phi) is 3.02. The molecule has 0 atom stereocenters. The molecule has 0 N–H and O–H groups in total. The molecule has 0 radical (unpaired) electrons. The highest BCUT2D eigenvalue weighted by molar-refractivity contribution is 9.10. The zero-order valence-corrected chi connectivity index (χ0v) is 13.3. The van der Waals surface area contributed by atoms with Gasteiger partial charge in [0.05, 0.1) is 5.02 Å². The molecule has 102 valence electrons. The zero-order valence-electron chi connectivity index (χ0n) is 10.9. The van der Waals surface area contributed by atoms with Gasteiger partial charge in [-0.1, -0.05) is 57.9 Å². The van der Waals surface area contributed by atoms with Gasteiger partial charge in [-0.15, -0.1) is 0 Å². The molecule has 1 nitrogen and oxygen atoms in total. The fourth-order valence-electron chi connectivity index (χ4n) is 2.61. The third-order valence-corrected chi connectivity index (χ3v) is 4.37. The van der Waals surface area contributed by atoms with Crippen molar-refractivity contribution in [2.75, 3.05) is 0 Å². The topological polar surface area (TPSA) is 13.1 Å². The summed E-state index contributed by atoms with van der Waals surface area (Å²) in [5.74, 6) is 0. The number of benzene rings is 3. The molecular weight excluding hydrogens is 348 g/mol. The second kappa shape index (κ2) is 4.90. The first-order chi connectivity index (χ1) is 10.2. The van der Waals surface area contributed by atoms with E-state index in [0.29, 0.717) is 5.02 Å². The van der Waals surface area contributed by atoms with Crippen molar-refractivity contribution in [1.29, 1.82) is 0 Å². The van der Waals surface area contributed by atoms with Crippen molar-refractivity contribution >= 4 is 49.5 Å². The fourth-order valence-corrected chi connectivity index (χ4v) is 3.21. The quantitative estimate of drug-likeness (QED) is 0.371. The number of furan rings is 1. The highest BCUT2D eigenvalue weighted by Crippen LogP contribution is 2.37. The second-order valence-electron chi connectivity index (χ2n) is 4.94. The number of hydrogen-bond acceptors (Lipinski definition) is 1. The Balaban J connectivity index is 2.07. The van der Waals surface area contributed by atoms with Crippen LogP contribution in [0.1, 0.15) is 0 Å².